The van der Waals surface area contributed by atoms with Gasteiger partial charge in [-0.3, -0.25) is 4.79 Å². The standard InChI is InChI=1S/C16H27N3O2/c1-13-4-7-15(21-13)12-19(11-10-18(2)3)16(20)8-9-17-14-5-6-14/h4,7,14,17H,5-6,8-12H2,1-3H3. The number of furan rings is 1. The molecule has 5 heteroatoms. The maximum atomic E-state index is 12.4. The minimum atomic E-state index is 0.194. The van der Waals surface area contributed by atoms with Crippen molar-refractivity contribution in [2.75, 3.05) is 33.7 Å². The van der Waals surface area contributed by atoms with E-state index in [2.05, 4.69) is 10.2 Å². The molecule has 0 aliphatic heterocycles. The average Bonchev–Trinajstić information content (AvgIpc) is 3.16. The summed E-state index contributed by atoms with van der Waals surface area (Å²) in [4.78, 5) is 16.4. The summed E-state index contributed by atoms with van der Waals surface area (Å²) in [6.07, 6.45) is 3.07. The van der Waals surface area contributed by atoms with E-state index in [0.29, 0.717) is 19.0 Å². The van der Waals surface area contributed by atoms with E-state index in [1.807, 2.05) is 38.1 Å². The van der Waals surface area contributed by atoms with Crippen LogP contribution in [0.5, 0.6) is 0 Å². The lowest BCUT2D eigenvalue weighted by Gasteiger charge is -2.23. The van der Waals surface area contributed by atoms with E-state index in [4.69, 9.17) is 4.42 Å². The highest BCUT2D eigenvalue weighted by Crippen LogP contribution is 2.18. The second-order valence-corrected chi connectivity index (χ2v) is 6.11. The third-order valence-electron chi connectivity index (χ3n) is 3.66. The molecular weight excluding hydrogens is 266 g/mol. The Labute approximate surface area is 127 Å². The number of carbonyl (C=O) groups is 1. The van der Waals surface area contributed by atoms with E-state index in [9.17, 15) is 4.79 Å². The first-order valence-corrected chi connectivity index (χ1v) is 7.76. The fraction of sp³-hybridized carbons (Fsp3) is 0.688. The molecule has 0 aromatic carbocycles. The topological polar surface area (TPSA) is 48.7 Å². The Morgan fingerprint density at radius 3 is 2.67 bits per heavy atom. The molecule has 1 aromatic heterocycles. The molecule has 0 unspecified atom stereocenters. The van der Waals surface area contributed by atoms with Crippen LogP contribution in [-0.4, -0.2) is 55.5 Å². The van der Waals surface area contributed by atoms with Crippen molar-refractivity contribution in [2.45, 2.75) is 38.8 Å². The number of carbonyl (C=O) groups excluding carboxylic acids is 1. The Kier molecular flexibility index (Phi) is 5.82. The Morgan fingerprint density at radius 2 is 2.10 bits per heavy atom. The van der Waals surface area contributed by atoms with Gasteiger partial charge in [-0.2, -0.15) is 0 Å². The first-order valence-electron chi connectivity index (χ1n) is 7.76. The predicted molar refractivity (Wildman–Crippen MR) is 83.1 cm³/mol. The van der Waals surface area contributed by atoms with Crippen LogP contribution in [0.4, 0.5) is 0 Å². The molecule has 1 N–H and O–H groups in total. The zero-order chi connectivity index (χ0) is 15.2. The fourth-order valence-corrected chi connectivity index (χ4v) is 2.20. The highest BCUT2D eigenvalue weighted by atomic mass is 16.3. The van der Waals surface area contributed by atoms with E-state index >= 15 is 0 Å². The monoisotopic (exact) mass is 293 g/mol. The van der Waals surface area contributed by atoms with Crippen LogP contribution in [0.15, 0.2) is 16.5 Å². The summed E-state index contributed by atoms with van der Waals surface area (Å²) < 4.78 is 5.60. The van der Waals surface area contributed by atoms with Crippen molar-refractivity contribution in [1.82, 2.24) is 15.1 Å². The SMILES string of the molecule is Cc1ccc(CN(CCN(C)C)C(=O)CCNC2CC2)o1. The maximum absolute atomic E-state index is 12.4. The van der Waals surface area contributed by atoms with Crippen LogP contribution >= 0.6 is 0 Å². The molecule has 0 saturated heterocycles. The molecule has 0 atom stereocenters. The molecule has 1 amide bonds. The smallest absolute Gasteiger partial charge is 0.224 e. The third-order valence-corrected chi connectivity index (χ3v) is 3.66. The Balaban J connectivity index is 1.84. The van der Waals surface area contributed by atoms with Gasteiger partial charge in [0, 0.05) is 32.1 Å². The van der Waals surface area contributed by atoms with Crippen molar-refractivity contribution in [1.29, 1.82) is 0 Å². The molecule has 1 aliphatic carbocycles. The Hall–Kier alpha value is -1.33. The summed E-state index contributed by atoms with van der Waals surface area (Å²) in [5.41, 5.74) is 0. The van der Waals surface area contributed by atoms with Crippen molar-refractivity contribution in [3.05, 3.63) is 23.7 Å². The van der Waals surface area contributed by atoms with Crippen LogP contribution in [0.25, 0.3) is 0 Å². The van der Waals surface area contributed by atoms with Gasteiger partial charge in [0.2, 0.25) is 5.91 Å². The van der Waals surface area contributed by atoms with Crippen LogP contribution in [0.1, 0.15) is 30.8 Å². The lowest BCUT2D eigenvalue weighted by Crippen LogP contribution is -2.37. The van der Waals surface area contributed by atoms with Gasteiger partial charge in [0.1, 0.15) is 11.5 Å². The number of amides is 1. The van der Waals surface area contributed by atoms with Gasteiger partial charge in [-0.25, -0.2) is 0 Å². The van der Waals surface area contributed by atoms with Crippen LogP contribution in [0.3, 0.4) is 0 Å². The molecule has 1 fully saturated rings. The highest BCUT2D eigenvalue weighted by molar-refractivity contribution is 5.76. The second-order valence-electron chi connectivity index (χ2n) is 6.11. The summed E-state index contributed by atoms with van der Waals surface area (Å²) in [6, 6.07) is 4.55. The van der Waals surface area contributed by atoms with Crippen LogP contribution in [0, 0.1) is 6.92 Å². The van der Waals surface area contributed by atoms with E-state index in [0.717, 1.165) is 31.2 Å². The number of rotatable bonds is 9. The number of hydrogen-bond donors (Lipinski definition) is 1. The third kappa shape index (κ3) is 5.89. The lowest BCUT2D eigenvalue weighted by atomic mass is 10.3. The summed E-state index contributed by atoms with van der Waals surface area (Å²) in [7, 11) is 4.04. The van der Waals surface area contributed by atoms with E-state index in [-0.39, 0.29) is 5.91 Å². The number of aryl methyl sites for hydroxylation is 1. The molecule has 118 valence electrons. The van der Waals surface area contributed by atoms with Crippen molar-refractivity contribution in [3.8, 4) is 0 Å². The van der Waals surface area contributed by atoms with E-state index < -0.39 is 0 Å². The quantitative estimate of drug-likeness (QED) is 0.751. The summed E-state index contributed by atoms with van der Waals surface area (Å²) in [5.74, 6) is 1.94. The normalized spacial score (nSPS) is 14.7. The van der Waals surface area contributed by atoms with Crippen LogP contribution < -0.4 is 5.32 Å². The van der Waals surface area contributed by atoms with Gasteiger partial charge < -0.3 is 19.5 Å². The van der Waals surface area contributed by atoms with Crippen molar-refractivity contribution in [2.24, 2.45) is 0 Å². The van der Waals surface area contributed by atoms with Gasteiger partial charge in [0.05, 0.1) is 6.54 Å². The van der Waals surface area contributed by atoms with Gasteiger partial charge in [-0.1, -0.05) is 0 Å². The van der Waals surface area contributed by atoms with Crippen molar-refractivity contribution < 1.29 is 9.21 Å². The lowest BCUT2D eigenvalue weighted by molar-refractivity contribution is -0.132. The fourth-order valence-electron chi connectivity index (χ4n) is 2.20. The molecule has 5 nitrogen and oxygen atoms in total. The van der Waals surface area contributed by atoms with Gasteiger partial charge in [-0.05, 0) is 46.0 Å². The molecule has 0 spiro atoms. The largest absolute Gasteiger partial charge is 0.464 e. The Morgan fingerprint density at radius 1 is 1.33 bits per heavy atom. The summed E-state index contributed by atoms with van der Waals surface area (Å²) in [6.45, 7) is 4.86. The minimum absolute atomic E-state index is 0.194. The molecular formula is C16H27N3O2. The number of likely N-dealkylation sites (N-methyl/N-ethyl adjacent to an activating group) is 1. The second kappa shape index (κ2) is 7.61. The first-order chi connectivity index (χ1) is 10.0. The number of nitrogens with one attached hydrogen (secondary N) is 1. The molecule has 1 aromatic rings. The van der Waals surface area contributed by atoms with E-state index in [1.165, 1.54) is 12.8 Å². The summed E-state index contributed by atoms with van der Waals surface area (Å²) in [5, 5.41) is 3.39. The van der Waals surface area contributed by atoms with Gasteiger partial charge in [0.15, 0.2) is 0 Å². The van der Waals surface area contributed by atoms with Gasteiger partial charge in [0.25, 0.3) is 0 Å². The average molecular weight is 293 g/mol. The van der Waals surface area contributed by atoms with Gasteiger partial charge >= 0.3 is 0 Å². The molecule has 0 bridgehead atoms. The maximum Gasteiger partial charge on any atom is 0.224 e. The predicted octanol–water partition coefficient (Wildman–Crippen LogP) is 1.62. The molecule has 1 heterocycles. The summed E-state index contributed by atoms with van der Waals surface area (Å²) >= 11 is 0. The highest BCUT2D eigenvalue weighted by Gasteiger charge is 2.21. The van der Waals surface area contributed by atoms with Gasteiger partial charge in [-0.15, -0.1) is 0 Å². The zero-order valence-corrected chi connectivity index (χ0v) is 13.4. The zero-order valence-electron chi connectivity index (χ0n) is 13.4. The number of nitrogens with zero attached hydrogens (tertiary/aromatic N) is 2. The van der Waals surface area contributed by atoms with Crippen LogP contribution in [0.2, 0.25) is 0 Å². The number of hydrogen-bond acceptors (Lipinski definition) is 4. The van der Waals surface area contributed by atoms with Crippen LogP contribution in [-0.2, 0) is 11.3 Å². The molecule has 0 radical (unpaired) electrons. The molecule has 2 rings (SSSR count). The van der Waals surface area contributed by atoms with Crippen molar-refractivity contribution >= 4 is 5.91 Å². The van der Waals surface area contributed by atoms with Crippen molar-refractivity contribution in [3.63, 3.8) is 0 Å². The first kappa shape index (κ1) is 16.0. The molecule has 1 aliphatic rings. The molecule has 21 heavy (non-hydrogen) atoms. The van der Waals surface area contributed by atoms with E-state index in [1.54, 1.807) is 0 Å². The minimum Gasteiger partial charge on any atom is -0.464 e. The Bertz CT molecular complexity index is 452. The molecule has 1 saturated carbocycles.